The van der Waals surface area contributed by atoms with Crippen LogP contribution in [-0.4, -0.2) is 41.3 Å². The lowest BCUT2D eigenvalue weighted by Crippen LogP contribution is -2.36. The van der Waals surface area contributed by atoms with E-state index >= 15 is 0 Å². The van der Waals surface area contributed by atoms with Gasteiger partial charge in [0.15, 0.2) is 11.3 Å². The molecule has 0 atom stereocenters. The fourth-order valence-corrected chi connectivity index (χ4v) is 3.54. The van der Waals surface area contributed by atoms with Crippen molar-refractivity contribution in [3.05, 3.63) is 47.6 Å². The van der Waals surface area contributed by atoms with Gasteiger partial charge >= 0.3 is 0 Å². The number of imidazole rings is 1. The van der Waals surface area contributed by atoms with Gasteiger partial charge in [-0.25, -0.2) is 4.98 Å². The van der Waals surface area contributed by atoms with Crippen molar-refractivity contribution in [2.75, 3.05) is 19.8 Å². The molecule has 0 radical (unpaired) electrons. The first-order valence-corrected chi connectivity index (χ1v) is 9.60. The predicted molar refractivity (Wildman–Crippen MR) is 102 cm³/mol. The third-order valence-corrected chi connectivity index (χ3v) is 4.75. The van der Waals surface area contributed by atoms with Crippen LogP contribution in [0.25, 0.3) is 16.2 Å². The van der Waals surface area contributed by atoms with Gasteiger partial charge in [-0.1, -0.05) is 30.3 Å². The van der Waals surface area contributed by atoms with Crippen LogP contribution < -0.4 is 5.32 Å². The molecular weight excluding hydrogens is 350 g/mol. The van der Waals surface area contributed by atoms with E-state index in [-0.39, 0.29) is 12.3 Å². The van der Waals surface area contributed by atoms with E-state index in [2.05, 4.69) is 10.3 Å². The summed E-state index contributed by atoms with van der Waals surface area (Å²) in [6.07, 6.45) is 1.86. The molecule has 0 saturated carbocycles. The molecule has 0 aliphatic rings. The number of benzene rings is 1. The number of carbonyl (C=O) groups excluding carboxylic acids is 1. The molecule has 3 aromatic rings. The highest BCUT2D eigenvalue weighted by atomic mass is 32.1. The zero-order chi connectivity index (χ0) is 18.4. The van der Waals surface area contributed by atoms with Crippen LogP contribution in [0, 0.1) is 0 Å². The molecule has 3 rings (SSSR count). The SMILES string of the molecule is CCOC(CNC(=O)Cc1csc2nc(-c3ccccc3)cn12)OCC. The van der Waals surface area contributed by atoms with Gasteiger partial charge < -0.3 is 14.8 Å². The number of nitrogens with one attached hydrogen (secondary N) is 1. The Labute approximate surface area is 156 Å². The summed E-state index contributed by atoms with van der Waals surface area (Å²) in [6.45, 7) is 5.23. The number of thiazole rings is 1. The van der Waals surface area contributed by atoms with Crippen molar-refractivity contribution in [3.63, 3.8) is 0 Å². The van der Waals surface area contributed by atoms with Crippen molar-refractivity contribution in [2.24, 2.45) is 0 Å². The Hall–Kier alpha value is -2.22. The summed E-state index contributed by atoms with van der Waals surface area (Å²) in [5, 5.41) is 4.85. The highest BCUT2D eigenvalue weighted by Crippen LogP contribution is 2.23. The van der Waals surface area contributed by atoms with Crippen molar-refractivity contribution in [3.8, 4) is 11.3 Å². The molecule has 1 aromatic carbocycles. The number of carbonyl (C=O) groups is 1. The average Bonchev–Trinajstić information content (AvgIpc) is 3.23. The van der Waals surface area contributed by atoms with Gasteiger partial charge in [-0.15, -0.1) is 11.3 Å². The summed E-state index contributed by atoms with van der Waals surface area (Å²) >= 11 is 1.53. The molecule has 0 unspecified atom stereocenters. The van der Waals surface area contributed by atoms with E-state index in [1.54, 1.807) is 0 Å². The van der Waals surface area contributed by atoms with E-state index in [1.807, 2.05) is 60.2 Å². The Morgan fingerprint density at radius 2 is 1.96 bits per heavy atom. The fraction of sp³-hybridized carbons (Fsp3) is 0.368. The summed E-state index contributed by atoms with van der Waals surface area (Å²) in [6, 6.07) is 10.0. The van der Waals surface area contributed by atoms with Crippen molar-refractivity contribution in [1.29, 1.82) is 0 Å². The first-order chi connectivity index (χ1) is 12.7. The van der Waals surface area contributed by atoms with Crippen LogP contribution in [0.15, 0.2) is 41.9 Å². The molecule has 0 aliphatic carbocycles. The van der Waals surface area contributed by atoms with Gasteiger partial charge in [-0.05, 0) is 13.8 Å². The van der Waals surface area contributed by atoms with Crippen molar-refractivity contribution in [2.45, 2.75) is 26.6 Å². The molecule has 0 saturated heterocycles. The van der Waals surface area contributed by atoms with Gasteiger partial charge in [-0.3, -0.25) is 9.20 Å². The molecule has 1 N–H and O–H groups in total. The number of fused-ring (bicyclic) bond motifs is 1. The van der Waals surface area contributed by atoms with Gasteiger partial charge in [0.05, 0.1) is 18.7 Å². The number of nitrogens with zero attached hydrogens (tertiary/aromatic N) is 2. The molecule has 1 amide bonds. The van der Waals surface area contributed by atoms with Crippen LogP contribution in [0.3, 0.4) is 0 Å². The molecule has 0 spiro atoms. The normalized spacial score (nSPS) is 11.3. The fourth-order valence-electron chi connectivity index (χ4n) is 2.67. The molecule has 0 bridgehead atoms. The van der Waals surface area contributed by atoms with Gasteiger partial charge in [0.1, 0.15) is 0 Å². The minimum Gasteiger partial charge on any atom is -0.351 e. The quantitative estimate of drug-likeness (QED) is 0.585. The summed E-state index contributed by atoms with van der Waals surface area (Å²) in [4.78, 5) is 17.8. The van der Waals surface area contributed by atoms with Crippen molar-refractivity contribution < 1.29 is 14.3 Å². The van der Waals surface area contributed by atoms with Gasteiger partial charge in [0, 0.05) is 36.0 Å². The number of rotatable bonds is 9. The topological polar surface area (TPSA) is 64.9 Å². The van der Waals surface area contributed by atoms with Crippen LogP contribution >= 0.6 is 11.3 Å². The average molecular weight is 373 g/mol. The Bertz CT molecular complexity index is 838. The summed E-state index contributed by atoms with van der Waals surface area (Å²) in [5.41, 5.74) is 2.89. The summed E-state index contributed by atoms with van der Waals surface area (Å²) < 4.78 is 12.9. The Morgan fingerprint density at radius 3 is 2.65 bits per heavy atom. The molecule has 7 heteroatoms. The number of hydrogen-bond donors (Lipinski definition) is 1. The molecule has 138 valence electrons. The highest BCUT2D eigenvalue weighted by Gasteiger charge is 2.14. The minimum absolute atomic E-state index is 0.0657. The number of aromatic nitrogens is 2. The third kappa shape index (κ3) is 4.49. The zero-order valence-corrected chi connectivity index (χ0v) is 15.8. The lowest BCUT2D eigenvalue weighted by Gasteiger charge is -2.17. The minimum atomic E-state index is -0.408. The Morgan fingerprint density at radius 1 is 1.23 bits per heavy atom. The molecule has 0 fully saturated rings. The Balaban J connectivity index is 1.65. The smallest absolute Gasteiger partial charge is 0.226 e. The van der Waals surface area contributed by atoms with Crippen LogP contribution in [0.4, 0.5) is 0 Å². The second-order valence-corrected chi connectivity index (χ2v) is 6.53. The maximum Gasteiger partial charge on any atom is 0.226 e. The van der Waals surface area contributed by atoms with Crippen LogP contribution in [0.1, 0.15) is 19.5 Å². The molecular formula is C19H23N3O3S. The molecule has 0 aliphatic heterocycles. The second kappa shape index (κ2) is 8.93. The van der Waals surface area contributed by atoms with E-state index in [4.69, 9.17) is 9.47 Å². The summed E-state index contributed by atoms with van der Waals surface area (Å²) in [7, 11) is 0. The maximum absolute atomic E-state index is 12.3. The molecule has 2 heterocycles. The third-order valence-electron chi connectivity index (χ3n) is 3.87. The number of amides is 1. The predicted octanol–water partition coefficient (Wildman–Crippen LogP) is 3.12. The largest absolute Gasteiger partial charge is 0.351 e. The molecule has 26 heavy (non-hydrogen) atoms. The van der Waals surface area contributed by atoms with Gasteiger partial charge in [0.2, 0.25) is 5.91 Å². The van der Waals surface area contributed by atoms with Crippen molar-refractivity contribution >= 4 is 22.2 Å². The van der Waals surface area contributed by atoms with Gasteiger partial charge in [-0.2, -0.15) is 0 Å². The molecule has 2 aromatic heterocycles. The number of hydrogen-bond acceptors (Lipinski definition) is 5. The van der Waals surface area contributed by atoms with Crippen LogP contribution in [-0.2, 0) is 20.7 Å². The lowest BCUT2D eigenvalue weighted by atomic mass is 10.2. The lowest BCUT2D eigenvalue weighted by molar-refractivity contribution is -0.140. The monoisotopic (exact) mass is 373 g/mol. The second-order valence-electron chi connectivity index (χ2n) is 5.69. The number of ether oxygens (including phenoxy) is 2. The van der Waals surface area contributed by atoms with E-state index in [9.17, 15) is 4.79 Å². The van der Waals surface area contributed by atoms with E-state index in [0.29, 0.717) is 19.8 Å². The first-order valence-electron chi connectivity index (χ1n) is 8.72. The summed E-state index contributed by atoms with van der Waals surface area (Å²) in [5.74, 6) is -0.0657. The van der Waals surface area contributed by atoms with E-state index < -0.39 is 6.29 Å². The standard InChI is InChI=1S/C19H23N3O3S/c1-3-24-18(25-4-2)11-20-17(23)10-15-13-26-19-21-16(12-22(15)19)14-8-6-5-7-9-14/h5-9,12-13,18H,3-4,10-11H2,1-2H3,(H,20,23). The Kier molecular flexibility index (Phi) is 6.38. The molecule has 6 nitrogen and oxygen atoms in total. The van der Waals surface area contributed by atoms with E-state index in [1.165, 1.54) is 11.3 Å². The first kappa shape index (κ1) is 18.6. The van der Waals surface area contributed by atoms with Gasteiger partial charge in [0.25, 0.3) is 0 Å². The maximum atomic E-state index is 12.3. The van der Waals surface area contributed by atoms with E-state index in [0.717, 1.165) is 21.9 Å². The van der Waals surface area contributed by atoms with Crippen molar-refractivity contribution in [1.82, 2.24) is 14.7 Å². The van der Waals surface area contributed by atoms with Crippen LogP contribution in [0.2, 0.25) is 0 Å². The highest BCUT2D eigenvalue weighted by molar-refractivity contribution is 7.15. The van der Waals surface area contributed by atoms with Crippen LogP contribution in [0.5, 0.6) is 0 Å². The zero-order valence-electron chi connectivity index (χ0n) is 15.0.